The highest BCUT2D eigenvalue weighted by Crippen LogP contribution is 2.23. The molecule has 3 N–H and O–H groups in total. The van der Waals surface area contributed by atoms with Crippen molar-refractivity contribution in [3.8, 4) is 0 Å². The van der Waals surface area contributed by atoms with Crippen molar-refractivity contribution < 1.29 is 14.0 Å². The molecule has 1 saturated heterocycles. The van der Waals surface area contributed by atoms with Crippen LogP contribution in [0.25, 0.3) is 0 Å². The highest BCUT2D eigenvalue weighted by Gasteiger charge is 2.20. The van der Waals surface area contributed by atoms with Crippen molar-refractivity contribution in [3.05, 3.63) is 52.4 Å². The predicted molar refractivity (Wildman–Crippen MR) is 96.2 cm³/mol. The number of aryl methyl sites for hydroxylation is 1. The van der Waals surface area contributed by atoms with Gasteiger partial charge in [-0.1, -0.05) is 11.6 Å². The summed E-state index contributed by atoms with van der Waals surface area (Å²) < 4.78 is 5.15. The van der Waals surface area contributed by atoms with Crippen LogP contribution in [-0.2, 0) is 0 Å². The number of anilines is 1. The topological polar surface area (TPSA) is 83.4 Å². The van der Waals surface area contributed by atoms with Gasteiger partial charge in [0.2, 0.25) is 0 Å². The lowest BCUT2D eigenvalue weighted by Gasteiger charge is -2.24. The summed E-state index contributed by atoms with van der Waals surface area (Å²) >= 11 is 6.04. The molecule has 2 amide bonds. The van der Waals surface area contributed by atoms with Gasteiger partial charge in [0.1, 0.15) is 5.76 Å². The van der Waals surface area contributed by atoms with Crippen molar-refractivity contribution in [3.63, 3.8) is 0 Å². The number of hydrogen-bond acceptors (Lipinski definition) is 4. The van der Waals surface area contributed by atoms with Gasteiger partial charge in [0.05, 0.1) is 23.1 Å². The molecule has 1 atom stereocenters. The van der Waals surface area contributed by atoms with Gasteiger partial charge < -0.3 is 20.4 Å². The summed E-state index contributed by atoms with van der Waals surface area (Å²) in [6.45, 7) is 3.42. The summed E-state index contributed by atoms with van der Waals surface area (Å²) in [5.41, 5.74) is 1.17. The maximum Gasteiger partial charge on any atom is 0.259 e. The zero-order valence-electron chi connectivity index (χ0n) is 13.9. The van der Waals surface area contributed by atoms with Crippen LogP contribution in [0.3, 0.4) is 0 Å². The molecule has 6 nitrogen and oxygen atoms in total. The maximum absolute atomic E-state index is 12.6. The number of benzene rings is 1. The molecular weight excluding hydrogens is 342 g/mol. The summed E-state index contributed by atoms with van der Waals surface area (Å²) in [7, 11) is 0. The Morgan fingerprint density at radius 2 is 2.08 bits per heavy atom. The smallest absolute Gasteiger partial charge is 0.259 e. The van der Waals surface area contributed by atoms with E-state index in [0.717, 1.165) is 25.9 Å². The summed E-state index contributed by atoms with van der Waals surface area (Å²) in [4.78, 5) is 25.0. The first-order valence-electron chi connectivity index (χ1n) is 8.21. The van der Waals surface area contributed by atoms with Gasteiger partial charge >= 0.3 is 0 Å². The fraction of sp³-hybridized carbons (Fsp3) is 0.333. The molecule has 2 aromatic rings. The fourth-order valence-corrected chi connectivity index (χ4v) is 3.04. The minimum Gasteiger partial charge on any atom is -0.469 e. The van der Waals surface area contributed by atoms with Crippen molar-refractivity contribution in [2.24, 2.45) is 0 Å². The van der Waals surface area contributed by atoms with Crippen LogP contribution in [0.1, 0.15) is 39.3 Å². The van der Waals surface area contributed by atoms with E-state index in [1.54, 1.807) is 31.2 Å². The van der Waals surface area contributed by atoms with E-state index in [0.29, 0.717) is 27.6 Å². The molecular formula is C18H20ClN3O3. The van der Waals surface area contributed by atoms with E-state index >= 15 is 0 Å². The molecule has 7 heteroatoms. The van der Waals surface area contributed by atoms with Crippen LogP contribution in [0.5, 0.6) is 0 Å². The number of halogens is 1. The van der Waals surface area contributed by atoms with Crippen LogP contribution in [0.2, 0.25) is 5.02 Å². The second-order valence-electron chi connectivity index (χ2n) is 6.05. The molecule has 0 saturated carbocycles. The molecule has 1 aromatic carbocycles. The molecule has 0 radical (unpaired) electrons. The number of piperidine rings is 1. The molecule has 2 heterocycles. The first-order chi connectivity index (χ1) is 12.0. The van der Waals surface area contributed by atoms with E-state index in [9.17, 15) is 9.59 Å². The van der Waals surface area contributed by atoms with Gasteiger partial charge in [-0.2, -0.15) is 0 Å². The number of carbonyl (C=O) groups excluding carboxylic acids is 2. The zero-order valence-corrected chi connectivity index (χ0v) is 14.7. The Balaban J connectivity index is 1.79. The number of furan rings is 1. The van der Waals surface area contributed by atoms with Crippen LogP contribution >= 0.6 is 11.6 Å². The van der Waals surface area contributed by atoms with Crippen LogP contribution in [0.15, 0.2) is 34.9 Å². The summed E-state index contributed by atoms with van der Waals surface area (Å²) in [6, 6.07) is 6.49. The molecule has 1 aliphatic rings. The SMILES string of the molecule is Cc1occc1C(=O)Nc1cc(Cl)ccc1C(=O)N[C@H]1CCCNC1. The van der Waals surface area contributed by atoms with Gasteiger partial charge in [-0.3, -0.25) is 9.59 Å². The Morgan fingerprint density at radius 1 is 1.24 bits per heavy atom. The Kier molecular flexibility index (Phi) is 5.40. The minimum absolute atomic E-state index is 0.0802. The van der Waals surface area contributed by atoms with E-state index < -0.39 is 0 Å². The Hall–Kier alpha value is -2.31. The predicted octanol–water partition coefficient (Wildman–Crippen LogP) is 2.98. The summed E-state index contributed by atoms with van der Waals surface area (Å²) in [5, 5.41) is 9.45. The number of nitrogens with one attached hydrogen (secondary N) is 3. The van der Waals surface area contributed by atoms with E-state index in [2.05, 4.69) is 16.0 Å². The lowest BCUT2D eigenvalue weighted by molar-refractivity contribution is 0.0931. The maximum atomic E-state index is 12.6. The zero-order chi connectivity index (χ0) is 17.8. The van der Waals surface area contributed by atoms with Gasteiger partial charge in [-0.25, -0.2) is 0 Å². The highest BCUT2D eigenvalue weighted by atomic mass is 35.5. The molecule has 25 heavy (non-hydrogen) atoms. The Morgan fingerprint density at radius 3 is 2.76 bits per heavy atom. The lowest BCUT2D eigenvalue weighted by atomic mass is 10.1. The summed E-state index contributed by atoms with van der Waals surface area (Å²) in [5.74, 6) is -0.0645. The molecule has 1 aliphatic heterocycles. The molecule has 0 unspecified atom stereocenters. The van der Waals surface area contributed by atoms with Crippen LogP contribution in [0, 0.1) is 6.92 Å². The monoisotopic (exact) mass is 361 g/mol. The van der Waals surface area contributed by atoms with Crippen molar-refractivity contribution in [1.29, 1.82) is 0 Å². The van der Waals surface area contributed by atoms with E-state index in [4.69, 9.17) is 16.0 Å². The molecule has 132 valence electrons. The standard InChI is InChI=1S/C18H20ClN3O3/c1-11-14(6-8-25-11)17(23)22-16-9-12(19)4-5-15(16)18(24)21-13-3-2-7-20-10-13/h4-6,8-9,13,20H,2-3,7,10H2,1H3,(H,21,24)(H,22,23)/t13-/m0/s1. The van der Waals surface area contributed by atoms with Crippen molar-refractivity contribution >= 4 is 29.1 Å². The van der Waals surface area contributed by atoms with Crippen molar-refractivity contribution in [1.82, 2.24) is 10.6 Å². The molecule has 1 fully saturated rings. The van der Waals surface area contributed by atoms with Gasteiger partial charge in [0.15, 0.2) is 0 Å². The minimum atomic E-state index is -0.345. The third kappa shape index (κ3) is 4.21. The second-order valence-corrected chi connectivity index (χ2v) is 6.49. The van der Waals surface area contributed by atoms with Crippen LogP contribution in [-0.4, -0.2) is 30.9 Å². The molecule has 0 bridgehead atoms. The normalized spacial score (nSPS) is 17.1. The Labute approximate surface area is 150 Å². The van der Waals surface area contributed by atoms with Gasteiger partial charge in [-0.05, 0) is 50.6 Å². The van der Waals surface area contributed by atoms with Crippen LogP contribution < -0.4 is 16.0 Å². The van der Waals surface area contributed by atoms with Gasteiger partial charge in [-0.15, -0.1) is 0 Å². The first kappa shape index (κ1) is 17.5. The third-order valence-corrected chi connectivity index (χ3v) is 4.45. The molecule has 3 rings (SSSR count). The number of rotatable bonds is 4. The average Bonchev–Trinajstić information content (AvgIpc) is 3.02. The average molecular weight is 362 g/mol. The van der Waals surface area contributed by atoms with Crippen LogP contribution in [0.4, 0.5) is 5.69 Å². The third-order valence-electron chi connectivity index (χ3n) is 4.21. The van der Waals surface area contributed by atoms with E-state index in [-0.39, 0.29) is 17.9 Å². The summed E-state index contributed by atoms with van der Waals surface area (Å²) in [6.07, 6.45) is 3.41. The largest absolute Gasteiger partial charge is 0.469 e. The first-order valence-corrected chi connectivity index (χ1v) is 8.59. The van der Waals surface area contributed by atoms with Crippen molar-refractivity contribution in [2.45, 2.75) is 25.8 Å². The Bertz CT molecular complexity index is 782. The van der Waals surface area contributed by atoms with E-state index in [1.807, 2.05) is 0 Å². The molecule has 1 aromatic heterocycles. The van der Waals surface area contributed by atoms with Gasteiger partial charge in [0, 0.05) is 17.6 Å². The number of hydrogen-bond donors (Lipinski definition) is 3. The fourth-order valence-electron chi connectivity index (χ4n) is 2.87. The lowest BCUT2D eigenvalue weighted by Crippen LogP contribution is -2.45. The quantitative estimate of drug-likeness (QED) is 0.781. The number of amides is 2. The van der Waals surface area contributed by atoms with Crippen molar-refractivity contribution in [2.75, 3.05) is 18.4 Å². The van der Waals surface area contributed by atoms with Gasteiger partial charge in [0.25, 0.3) is 11.8 Å². The van der Waals surface area contributed by atoms with E-state index in [1.165, 1.54) is 6.26 Å². The number of carbonyl (C=O) groups is 2. The molecule has 0 aliphatic carbocycles. The molecule has 0 spiro atoms. The highest BCUT2D eigenvalue weighted by molar-refractivity contribution is 6.31. The second kappa shape index (κ2) is 7.72.